The fraction of sp³-hybridized carbons (Fsp3) is 0.538. The maximum atomic E-state index is 11.1. The highest BCUT2D eigenvalue weighted by Gasteiger charge is 2.23. The van der Waals surface area contributed by atoms with Gasteiger partial charge in [-0.05, 0) is 38.1 Å². The molecule has 6 heteroatoms. The lowest BCUT2D eigenvalue weighted by molar-refractivity contribution is 0.0697. The van der Waals surface area contributed by atoms with Gasteiger partial charge >= 0.3 is 5.97 Å². The third kappa shape index (κ3) is 3.36. The molecule has 1 aliphatic heterocycles. The molecule has 1 aromatic rings. The second-order valence-electron chi connectivity index (χ2n) is 4.64. The third-order valence-corrected chi connectivity index (χ3v) is 3.71. The summed E-state index contributed by atoms with van der Waals surface area (Å²) in [5.74, 6) is -0.645. The lowest BCUT2D eigenvalue weighted by Crippen LogP contribution is -2.35. The average Bonchev–Trinajstić information content (AvgIpc) is 2.83. The van der Waals surface area contributed by atoms with Gasteiger partial charge in [-0.2, -0.15) is 0 Å². The molecule has 19 heavy (non-hydrogen) atoms. The average molecular weight is 284 g/mol. The maximum Gasteiger partial charge on any atom is 0.339 e. The Labute approximate surface area is 117 Å². The number of likely N-dealkylation sites (tertiary alicyclic amines) is 1. The Bertz CT molecular complexity index is 467. The minimum Gasteiger partial charge on any atom is -0.478 e. The molecule has 0 aliphatic carbocycles. The first-order valence-electron chi connectivity index (χ1n) is 6.49. The molecule has 5 nitrogen and oxygen atoms in total. The summed E-state index contributed by atoms with van der Waals surface area (Å²) < 4.78 is 0. The second-order valence-corrected chi connectivity index (χ2v) is 5.03. The van der Waals surface area contributed by atoms with E-state index in [0.717, 1.165) is 19.5 Å². The highest BCUT2D eigenvalue weighted by molar-refractivity contribution is 6.29. The van der Waals surface area contributed by atoms with Gasteiger partial charge in [0.05, 0.1) is 0 Å². The molecule has 1 atom stereocenters. The molecular formula is C13H18ClN3O2. The number of carbonyl (C=O) groups is 1. The number of aromatic nitrogens is 1. The topological polar surface area (TPSA) is 65.5 Å². The summed E-state index contributed by atoms with van der Waals surface area (Å²) in [6.07, 6.45) is 2.32. The van der Waals surface area contributed by atoms with Crippen LogP contribution in [0.4, 0.5) is 5.82 Å². The molecule has 1 unspecified atom stereocenters. The third-order valence-electron chi connectivity index (χ3n) is 3.50. The largest absolute Gasteiger partial charge is 0.478 e. The minimum atomic E-state index is -0.995. The predicted octanol–water partition coefficient (Wildman–Crippen LogP) is 2.33. The van der Waals surface area contributed by atoms with Crippen molar-refractivity contribution in [1.29, 1.82) is 0 Å². The Balaban J connectivity index is 2.06. The number of rotatable bonds is 5. The normalized spacial score (nSPS) is 19.6. The van der Waals surface area contributed by atoms with Gasteiger partial charge in [0.15, 0.2) is 0 Å². The number of anilines is 1. The molecule has 1 fully saturated rings. The number of aromatic carboxylic acids is 1. The number of halogens is 1. The predicted molar refractivity (Wildman–Crippen MR) is 75.0 cm³/mol. The molecule has 0 aromatic carbocycles. The van der Waals surface area contributed by atoms with E-state index in [2.05, 4.69) is 22.1 Å². The van der Waals surface area contributed by atoms with Crippen molar-refractivity contribution in [2.75, 3.05) is 25.0 Å². The SMILES string of the molecule is CCN1CCCC1CNc1nc(Cl)ccc1C(=O)O. The van der Waals surface area contributed by atoms with E-state index in [1.54, 1.807) is 0 Å². The zero-order valence-corrected chi connectivity index (χ0v) is 11.7. The van der Waals surface area contributed by atoms with E-state index >= 15 is 0 Å². The lowest BCUT2D eigenvalue weighted by Gasteiger charge is -2.23. The number of nitrogens with one attached hydrogen (secondary N) is 1. The fourth-order valence-electron chi connectivity index (χ4n) is 2.50. The van der Waals surface area contributed by atoms with E-state index in [1.807, 2.05) is 0 Å². The van der Waals surface area contributed by atoms with E-state index in [9.17, 15) is 4.79 Å². The number of carboxylic acid groups (broad SMARTS) is 1. The van der Waals surface area contributed by atoms with Crippen molar-refractivity contribution in [1.82, 2.24) is 9.88 Å². The van der Waals surface area contributed by atoms with E-state index < -0.39 is 5.97 Å². The Hall–Kier alpha value is -1.33. The first-order valence-corrected chi connectivity index (χ1v) is 6.87. The highest BCUT2D eigenvalue weighted by Crippen LogP contribution is 2.20. The molecule has 0 bridgehead atoms. The Morgan fingerprint density at radius 1 is 1.63 bits per heavy atom. The minimum absolute atomic E-state index is 0.158. The summed E-state index contributed by atoms with van der Waals surface area (Å²) in [6.45, 7) is 4.96. The summed E-state index contributed by atoms with van der Waals surface area (Å²) in [7, 11) is 0. The first-order chi connectivity index (χ1) is 9.11. The van der Waals surface area contributed by atoms with Gasteiger partial charge in [0.1, 0.15) is 16.5 Å². The summed E-state index contributed by atoms with van der Waals surface area (Å²) in [6, 6.07) is 3.41. The Morgan fingerprint density at radius 3 is 3.11 bits per heavy atom. The van der Waals surface area contributed by atoms with Crippen molar-refractivity contribution in [3.8, 4) is 0 Å². The van der Waals surface area contributed by atoms with Gasteiger partial charge < -0.3 is 10.4 Å². The van der Waals surface area contributed by atoms with Gasteiger partial charge in [0.2, 0.25) is 0 Å². The van der Waals surface area contributed by atoms with Crippen LogP contribution in [-0.2, 0) is 0 Å². The molecule has 2 rings (SSSR count). The van der Waals surface area contributed by atoms with Crippen molar-refractivity contribution in [3.05, 3.63) is 22.8 Å². The number of nitrogens with zero attached hydrogens (tertiary/aromatic N) is 2. The van der Waals surface area contributed by atoms with Crippen molar-refractivity contribution in [2.45, 2.75) is 25.8 Å². The number of likely N-dealkylation sites (N-methyl/N-ethyl adjacent to an activating group) is 1. The van der Waals surface area contributed by atoms with Crippen molar-refractivity contribution < 1.29 is 9.90 Å². The summed E-state index contributed by atoms with van der Waals surface area (Å²) in [5, 5.41) is 12.5. The van der Waals surface area contributed by atoms with Crippen LogP contribution < -0.4 is 5.32 Å². The van der Waals surface area contributed by atoms with Gasteiger partial charge in [-0.1, -0.05) is 18.5 Å². The highest BCUT2D eigenvalue weighted by atomic mass is 35.5. The van der Waals surface area contributed by atoms with Crippen LogP contribution >= 0.6 is 11.6 Å². The summed E-state index contributed by atoms with van der Waals surface area (Å²) in [4.78, 5) is 17.6. The quantitative estimate of drug-likeness (QED) is 0.812. The van der Waals surface area contributed by atoms with Crippen LogP contribution in [0.5, 0.6) is 0 Å². The standard InChI is InChI=1S/C13H18ClN3O2/c1-2-17-7-3-4-9(17)8-15-12-10(13(18)19)5-6-11(14)16-12/h5-6,9H,2-4,7-8H2,1H3,(H,15,16)(H,18,19). The van der Waals surface area contributed by atoms with E-state index in [-0.39, 0.29) is 5.56 Å². The lowest BCUT2D eigenvalue weighted by atomic mass is 10.2. The van der Waals surface area contributed by atoms with Crippen LogP contribution in [0.2, 0.25) is 5.15 Å². The van der Waals surface area contributed by atoms with Crippen LogP contribution in [0.3, 0.4) is 0 Å². The smallest absolute Gasteiger partial charge is 0.339 e. The monoisotopic (exact) mass is 283 g/mol. The molecule has 0 amide bonds. The van der Waals surface area contributed by atoms with Gasteiger partial charge in [0, 0.05) is 12.6 Å². The van der Waals surface area contributed by atoms with Crippen molar-refractivity contribution >= 4 is 23.4 Å². The zero-order chi connectivity index (χ0) is 13.8. The van der Waals surface area contributed by atoms with Gasteiger partial charge in [-0.3, -0.25) is 4.90 Å². The second kappa shape index (κ2) is 6.21. The number of carboxylic acids is 1. The molecule has 1 saturated heterocycles. The molecule has 0 spiro atoms. The molecule has 1 aliphatic rings. The Kier molecular flexibility index (Phi) is 4.61. The number of pyridine rings is 1. The molecule has 104 valence electrons. The maximum absolute atomic E-state index is 11.1. The van der Waals surface area contributed by atoms with E-state index in [4.69, 9.17) is 16.7 Å². The summed E-state index contributed by atoms with van der Waals surface area (Å²) in [5.41, 5.74) is 0.158. The van der Waals surface area contributed by atoms with Crippen molar-refractivity contribution in [2.24, 2.45) is 0 Å². The van der Waals surface area contributed by atoms with Crippen molar-refractivity contribution in [3.63, 3.8) is 0 Å². The molecule has 2 heterocycles. The first kappa shape index (κ1) is 14.1. The molecule has 2 N–H and O–H groups in total. The van der Waals surface area contributed by atoms with E-state index in [1.165, 1.54) is 18.6 Å². The van der Waals surface area contributed by atoms with Gasteiger partial charge in [-0.25, -0.2) is 9.78 Å². The Morgan fingerprint density at radius 2 is 2.42 bits per heavy atom. The molecule has 0 saturated carbocycles. The number of hydrogen-bond acceptors (Lipinski definition) is 4. The van der Waals surface area contributed by atoms with Crippen LogP contribution in [-0.4, -0.2) is 46.6 Å². The molecule has 1 aromatic heterocycles. The zero-order valence-electron chi connectivity index (χ0n) is 10.9. The summed E-state index contributed by atoms with van der Waals surface area (Å²) >= 11 is 5.82. The van der Waals surface area contributed by atoms with Gasteiger partial charge in [0.25, 0.3) is 0 Å². The van der Waals surface area contributed by atoms with Gasteiger partial charge in [-0.15, -0.1) is 0 Å². The van der Waals surface area contributed by atoms with Crippen LogP contribution in [0.1, 0.15) is 30.1 Å². The number of hydrogen-bond donors (Lipinski definition) is 2. The molecular weight excluding hydrogens is 266 g/mol. The van der Waals surface area contributed by atoms with Crippen LogP contribution in [0, 0.1) is 0 Å². The van der Waals surface area contributed by atoms with E-state index in [0.29, 0.717) is 23.6 Å². The molecule has 0 radical (unpaired) electrons. The fourth-order valence-corrected chi connectivity index (χ4v) is 2.65. The van der Waals surface area contributed by atoms with Crippen LogP contribution in [0.25, 0.3) is 0 Å². The van der Waals surface area contributed by atoms with Crippen LogP contribution in [0.15, 0.2) is 12.1 Å².